The van der Waals surface area contributed by atoms with Crippen LogP contribution in [0.15, 0.2) is 59.0 Å². The first-order valence-corrected chi connectivity index (χ1v) is 9.60. The maximum atomic E-state index is 14.4. The number of carbonyl (C=O) groups excluding carboxylic acids is 1. The number of carbonyl (C=O) groups is 1. The standard InChI is InChI=1S/C22H25FN2O3/c1-2-8-18(20(26)22-25-17-11-6-7-12-19(17)28-22)24-21(27)16(23)14-13-15-9-4-3-5-10-15/h3-7,9-12,16,18,20,26H,2,8,13-14H2,1H3,(H,24,27)/t16?,18-,20?/m0/s1. The van der Waals surface area contributed by atoms with Crippen molar-refractivity contribution in [1.29, 1.82) is 0 Å². The van der Waals surface area contributed by atoms with Gasteiger partial charge in [0.15, 0.2) is 17.9 Å². The lowest BCUT2D eigenvalue weighted by Crippen LogP contribution is -2.43. The molecule has 3 aromatic rings. The molecule has 0 saturated carbocycles. The number of amides is 1. The molecular weight excluding hydrogens is 359 g/mol. The number of hydrogen-bond donors (Lipinski definition) is 2. The van der Waals surface area contributed by atoms with Gasteiger partial charge in [-0.15, -0.1) is 0 Å². The molecule has 2 unspecified atom stereocenters. The largest absolute Gasteiger partial charge is 0.438 e. The summed E-state index contributed by atoms with van der Waals surface area (Å²) >= 11 is 0. The average molecular weight is 384 g/mol. The number of para-hydroxylation sites is 2. The molecule has 0 radical (unpaired) electrons. The topological polar surface area (TPSA) is 75.4 Å². The first-order chi connectivity index (χ1) is 13.6. The summed E-state index contributed by atoms with van der Waals surface area (Å²) in [5.41, 5.74) is 2.17. The molecule has 0 aliphatic heterocycles. The maximum Gasteiger partial charge on any atom is 0.254 e. The van der Waals surface area contributed by atoms with E-state index in [1.54, 1.807) is 12.1 Å². The van der Waals surface area contributed by atoms with E-state index in [9.17, 15) is 14.3 Å². The summed E-state index contributed by atoms with van der Waals surface area (Å²) < 4.78 is 20.0. The quantitative estimate of drug-likeness (QED) is 0.582. The molecule has 0 saturated heterocycles. The Labute approximate surface area is 163 Å². The summed E-state index contributed by atoms with van der Waals surface area (Å²) in [6.07, 6.45) is -1.02. The Morgan fingerprint density at radius 3 is 2.57 bits per heavy atom. The fourth-order valence-corrected chi connectivity index (χ4v) is 3.15. The minimum Gasteiger partial charge on any atom is -0.438 e. The van der Waals surface area contributed by atoms with E-state index in [1.807, 2.05) is 49.4 Å². The molecule has 2 aromatic carbocycles. The molecule has 3 rings (SSSR count). The number of aliphatic hydroxyl groups excluding tert-OH is 1. The van der Waals surface area contributed by atoms with Crippen molar-refractivity contribution < 1.29 is 18.7 Å². The van der Waals surface area contributed by atoms with Crippen LogP contribution < -0.4 is 5.32 Å². The molecule has 1 aromatic heterocycles. The number of aliphatic hydroxyl groups is 1. The molecule has 2 N–H and O–H groups in total. The molecule has 148 valence electrons. The van der Waals surface area contributed by atoms with Gasteiger partial charge in [0.25, 0.3) is 5.91 Å². The molecule has 3 atom stereocenters. The van der Waals surface area contributed by atoms with Crippen LogP contribution >= 0.6 is 0 Å². The molecule has 0 bridgehead atoms. The number of hydrogen-bond acceptors (Lipinski definition) is 4. The van der Waals surface area contributed by atoms with Crippen molar-refractivity contribution in [1.82, 2.24) is 10.3 Å². The molecule has 1 amide bonds. The highest BCUT2D eigenvalue weighted by atomic mass is 19.1. The fraction of sp³-hybridized carbons (Fsp3) is 0.364. The lowest BCUT2D eigenvalue weighted by atomic mass is 10.0. The van der Waals surface area contributed by atoms with Crippen molar-refractivity contribution in [3.05, 3.63) is 66.1 Å². The number of nitrogens with one attached hydrogen (secondary N) is 1. The second kappa shape index (κ2) is 9.46. The third kappa shape index (κ3) is 4.95. The van der Waals surface area contributed by atoms with E-state index in [0.717, 1.165) is 5.56 Å². The second-order valence-electron chi connectivity index (χ2n) is 6.86. The Kier molecular flexibility index (Phi) is 6.76. The Balaban J connectivity index is 1.63. The van der Waals surface area contributed by atoms with Gasteiger partial charge in [-0.25, -0.2) is 9.37 Å². The third-order valence-corrected chi connectivity index (χ3v) is 4.69. The molecule has 0 aliphatic rings. The van der Waals surface area contributed by atoms with Crippen molar-refractivity contribution in [3.63, 3.8) is 0 Å². The van der Waals surface area contributed by atoms with E-state index in [2.05, 4.69) is 10.3 Å². The van der Waals surface area contributed by atoms with Gasteiger partial charge in [0.1, 0.15) is 5.52 Å². The summed E-state index contributed by atoms with van der Waals surface area (Å²) in [4.78, 5) is 16.6. The maximum absolute atomic E-state index is 14.4. The van der Waals surface area contributed by atoms with Gasteiger partial charge in [0.05, 0.1) is 6.04 Å². The number of fused-ring (bicyclic) bond motifs is 1. The van der Waals surface area contributed by atoms with Gasteiger partial charge in [0, 0.05) is 0 Å². The van der Waals surface area contributed by atoms with Crippen LogP contribution in [0.4, 0.5) is 4.39 Å². The zero-order chi connectivity index (χ0) is 19.9. The van der Waals surface area contributed by atoms with Gasteiger partial charge >= 0.3 is 0 Å². The van der Waals surface area contributed by atoms with E-state index >= 15 is 0 Å². The molecule has 5 nitrogen and oxygen atoms in total. The van der Waals surface area contributed by atoms with Crippen molar-refractivity contribution in [2.75, 3.05) is 0 Å². The van der Waals surface area contributed by atoms with Crippen LogP contribution in [0.25, 0.3) is 11.1 Å². The Morgan fingerprint density at radius 1 is 1.14 bits per heavy atom. The zero-order valence-corrected chi connectivity index (χ0v) is 15.8. The third-order valence-electron chi connectivity index (χ3n) is 4.69. The van der Waals surface area contributed by atoms with Gasteiger partial charge < -0.3 is 14.8 Å². The number of aromatic nitrogens is 1. The number of nitrogens with zero attached hydrogens (tertiary/aromatic N) is 1. The summed E-state index contributed by atoms with van der Waals surface area (Å²) in [5.74, 6) is -0.593. The molecule has 0 spiro atoms. The second-order valence-corrected chi connectivity index (χ2v) is 6.86. The van der Waals surface area contributed by atoms with Crippen molar-refractivity contribution in [2.45, 2.75) is 50.9 Å². The van der Waals surface area contributed by atoms with E-state index in [4.69, 9.17) is 4.42 Å². The molecule has 1 heterocycles. The van der Waals surface area contributed by atoms with Gasteiger partial charge in [-0.2, -0.15) is 0 Å². The average Bonchev–Trinajstić information content (AvgIpc) is 3.16. The Hall–Kier alpha value is -2.73. The van der Waals surface area contributed by atoms with Crippen molar-refractivity contribution >= 4 is 17.0 Å². The van der Waals surface area contributed by atoms with E-state index < -0.39 is 24.2 Å². The molecule has 0 fully saturated rings. The number of benzene rings is 2. The SMILES string of the molecule is CCC[C@H](NC(=O)C(F)CCc1ccccc1)C(O)c1nc2ccccc2o1. The summed E-state index contributed by atoms with van der Waals surface area (Å²) in [6, 6.07) is 16.0. The Bertz CT molecular complexity index is 864. The zero-order valence-electron chi connectivity index (χ0n) is 15.8. The van der Waals surface area contributed by atoms with Crippen molar-refractivity contribution in [3.8, 4) is 0 Å². The van der Waals surface area contributed by atoms with Gasteiger partial charge in [-0.05, 0) is 37.0 Å². The fourth-order valence-electron chi connectivity index (χ4n) is 3.15. The normalized spacial score (nSPS) is 14.5. The highest BCUT2D eigenvalue weighted by molar-refractivity contribution is 5.81. The number of oxazole rings is 1. The van der Waals surface area contributed by atoms with Crippen LogP contribution in [-0.4, -0.2) is 28.2 Å². The van der Waals surface area contributed by atoms with Crippen LogP contribution in [0.3, 0.4) is 0 Å². The number of halogens is 1. The summed E-state index contributed by atoms with van der Waals surface area (Å²) in [5, 5.41) is 13.3. The first kappa shape index (κ1) is 20.0. The van der Waals surface area contributed by atoms with Crippen molar-refractivity contribution in [2.24, 2.45) is 0 Å². The van der Waals surface area contributed by atoms with Crippen LogP contribution in [0.5, 0.6) is 0 Å². The van der Waals surface area contributed by atoms with Gasteiger partial charge in [-0.3, -0.25) is 4.79 Å². The highest BCUT2D eigenvalue weighted by Gasteiger charge is 2.29. The predicted octanol–water partition coefficient (Wildman–Crippen LogP) is 4.12. The van der Waals surface area contributed by atoms with E-state index in [0.29, 0.717) is 30.4 Å². The smallest absolute Gasteiger partial charge is 0.254 e. The van der Waals surface area contributed by atoms with Gasteiger partial charge in [-0.1, -0.05) is 55.8 Å². The van der Waals surface area contributed by atoms with E-state index in [1.165, 1.54) is 0 Å². The highest BCUT2D eigenvalue weighted by Crippen LogP contribution is 2.24. The number of alkyl halides is 1. The van der Waals surface area contributed by atoms with E-state index in [-0.39, 0.29) is 12.3 Å². The molecule has 28 heavy (non-hydrogen) atoms. The van der Waals surface area contributed by atoms with Gasteiger partial charge in [0.2, 0.25) is 5.89 Å². The van der Waals surface area contributed by atoms with Crippen LogP contribution in [0.1, 0.15) is 43.7 Å². The van der Waals surface area contributed by atoms with Crippen LogP contribution in [-0.2, 0) is 11.2 Å². The first-order valence-electron chi connectivity index (χ1n) is 9.60. The molecule has 0 aliphatic carbocycles. The minimum absolute atomic E-state index is 0.0909. The molecular formula is C22H25FN2O3. The molecule has 6 heteroatoms. The lowest BCUT2D eigenvalue weighted by molar-refractivity contribution is -0.128. The monoisotopic (exact) mass is 384 g/mol. The van der Waals surface area contributed by atoms with Crippen LogP contribution in [0, 0.1) is 0 Å². The lowest BCUT2D eigenvalue weighted by Gasteiger charge is -2.22. The summed E-state index contributed by atoms with van der Waals surface area (Å²) in [6.45, 7) is 1.93. The minimum atomic E-state index is -1.64. The predicted molar refractivity (Wildman–Crippen MR) is 105 cm³/mol. The Morgan fingerprint density at radius 2 is 1.86 bits per heavy atom. The number of rotatable bonds is 9. The number of aryl methyl sites for hydroxylation is 1. The summed E-state index contributed by atoms with van der Waals surface area (Å²) in [7, 11) is 0. The van der Waals surface area contributed by atoms with Crippen LogP contribution in [0.2, 0.25) is 0 Å².